The van der Waals surface area contributed by atoms with E-state index in [4.69, 9.17) is 0 Å². The number of rotatable bonds is 3. The first-order chi connectivity index (χ1) is 10.1. The predicted octanol–water partition coefficient (Wildman–Crippen LogP) is 2.43. The molecule has 0 unspecified atom stereocenters. The van der Waals surface area contributed by atoms with Crippen LogP contribution in [0.1, 0.15) is 5.69 Å². The Morgan fingerprint density at radius 2 is 1.90 bits per heavy atom. The molecule has 1 saturated heterocycles. The summed E-state index contributed by atoms with van der Waals surface area (Å²) in [6.45, 7) is 3.30. The van der Waals surface area contributed by atoms with Gasteiger partial charge < -0.3 is 5.32 Å². The SMILES string of the molecule is Cc1ccc(N(C(=O)C2CNC2)c2ccc(Br)cc2)nn1. The molecule has 1 aromatic heterocycles. The van der Waals surface area contributed by atoms with Gasteiger partial charge in [-0.2, -0.15) is 5.10 Å². The molecule has 1 fully saturated rings. The average Bonchev–Trinajstić information content (AvgIpc) is 2.41. The minimum atomic E-state index is -0.00301. The van der Waals surface area contributed by atoms with E-state index in [2.05, 4.69) is 31.4 Å². The molecular weight excluding hydrogens is 332 g/mol. The van der Waals surface area contributed by atoms with Crippen LogP contribution in [-0.4, -0.2) is 29.2 Å². The zero-order chi connectivity index (χ0) is 14.8. The Bertz CT molecular complexity index is 592. The van der Waals surface area contributed by atoms with E-state index in [0.717, 1.165) is 15.9 Å². The van der Waals surface area contributed by atoms with Crippen LogP contribution in [0, 0.1) is 12.8 Å². The minimum Gasteiger partial charge on any atom is -0.315 e. The number of anilines is 2. The smallest absolute Gasteiger partial charge is 0.238 e. The number of aryl methyl sites for hydroxylation is 1. The average molecular weight is 347 g/mol. The number of halogens is 1. The second kappa shape index (κ2) is 5.91. The van der Waals surface area contributed by atoms with Crippen molar-refractivity contribution in [3.8, 4) is 0 Å². The molecule has 1 aromatic carbocycles. The van der Waals surface area contributed by atoms with E-state index in [1.807, 2.05) is 43.3 Å². The molecule has 1 aliphatic rings. The topological polar surface area (TPSA) is 58.1 Å². The summed E-state index contributed by atoms with van der Waals surface area (Å²) in [6, 6.07) is 11.3. The fraction of sp³-hybridized carbons (Fsp3) is 0.267. The number of nitrogens with zero attached hydrogens (tertiary/aromatic N) is 3. The van der Waals surface area contributed by atoms with Crippen LogP contribution in [0.2, 0.25) is 0 Å². The Kier molecular flexibility index (Phi) is 3.98. The third-order valence-corrected chi connectivity index (χ3v) is 3.98. The molecule has 108 valence electrons. The molecule has 3 rings (SSSR count). The summed E-state index contributed by atoms with van der Waals surface area (Å²) in [4.78, 5) is 14.3. The molecule has 1 aliphatic heterocycles. The summed E-state index contributed by atoms with van der Waals surface area (Å²) in [5, 5.41) is 11.3. The van der Waals surface area contributed by atoms with Crippen LogP contribution < -0.4 is 10.2 Å². The zero-order valence-corrected chi connectivity index (χ0v) is 13.2. The number of hydrogen-bond acceptors (Lipinski definition) is 4. The van der Waals surface area contributed by atoms with Gasteiger partial charge in [-0.3, -0.25) is 9.69 Å². The number of amides is 1. The van der Waals surface area contributed by atoms with Crippen molar-refractivity contribution in [3.05, 3.63) is 46.6 Å². The number of carbonyl (C=O) groups is 1. The first kappa shape index (κ1) is 14.2. The molecule has 0 aliphatic carbocycles. The van der Waals surface area contributed by atoms with Crippen LogP contribution in [-0.2, 0) is 4.79 Å². The third-order valence-electron chi connectivity index (χ3n) is 3.45. The van der Waals surface area contributed by atoms with Gasteiger partial charge in [0.2, 0.25) is 5.91 Å². The Hall–Kier alpha value is -1.79. The molecule has 0 bridgehead atoms. The lowest BCUT2D eigenvalue weighted by Crippen LogP contribution is -2.51. The molecule has 2 heterocycles. The highest BCUT2D eigenvalue weighted by Gasteiger charge is 2.31. The van der Waals surface area contributed by atoms with Crippen LogP contribution in [0.15, 0.2) is 40.9 Å². The fourth-order valence-corrected chi connectivity index (χ4v) is 2.38. The van der Waals surface area contributed by atoms with Crippen molar-refractivity contribution in [2.75, 3.05) is 18.0 Å². The summed E-state index contributed by atoms with van der Waals surface area (Å²) in [5.41, 5.74) is 1.63. The van der Waals surface area contributed by atoms with Crippen LogP contribution >= 0.6 is 15.9 Å². The van der Waals surface area contributed by atoms with E-state index in [0.29, 0.717) is 18.9 Å². The molecule has 2 aromatic rings. The van der Waals surface area contributed by atoms with Gasteiger partial charge in [0, 0.05) is 17.6 Å². The zero-order valence-electron chi connectivity index (χ0n) is 11.6. The summed E-state index contributed by atoms with van der Waals surface area (Å²) in [5.74, 6) is 0.603. The Balaban J connectivity index is 1.99. The highest BCUT2D eigenvalue weighted by Crippen LogP contribution is 2.27. The summed E-state index contributed by atoms with van der Waals surface area (Å²) in [7, 11) is 0. The monoisotopic (exact) mass is 346 g/mol. The van der Waals surface area contributed by atoms with E-state index >= 15 is 0 Å². The van der Waals surface area contributed by atoms with E-state index in [-0.39, 0.29) is 11.8 Å². The lowest BCUT2D eigenvalue weighted by molar-refractivity contribution is -0.123. The standard InChI is InChI=1S/C15H15BrN4O/c1-10-2-7-14(19-18-10)20(15(21)11-8-17-9-11)13-5-3-12(16)4-6-13/h2-7,11,17H,8-9H2,1H3. The van der Waals surface area contributed by atoms with Crippen molar-refractivity contribution in [2.45, 2.75) is 6.92 Å². The van der Waals surface area contributed by atoms with Crippen molar-refractivity contribution in [3.63, 3.8) is 0 Å². The van der Waals surface area contributed by atoms with Gasteiger partial charge in [-0.1, -0.05) is 15.9 Å². The number of carbonyl (C=O) groups excluding carboxylic acids is 1. The molecule has 0 spiro atoms. The minimum absolute atomic E-state index is 0.00301. The van der Waals surface area contributed by atoms with Gasteiger partial charge in [0.25, 0.3) is 0 Å². The van der Waals surface area contributed by atoms with Crippen LogP contribution in [0.4, 0.5) is 11.5 Å². The number of hydrogen-bond donors (Lipinski definition) is 1. The maximum absolute atomic E-state index is 12.7. The highest BCUT2D eigenvalue weighted by molar-refractivity contribution is 9.10. The van der Waals surface area contributed by atoms with Crippen molar-refractivity contribution in [1.29, 1.82) is 0 Å². The van der Waals surface area contributed by atoms with Crippen LogP contribution in [0.25, 0.3) is 0 Å². The Morgan fingerprint density at radius 1 is 1.19 bits per heavy atom. The van der Waals surface area contributed by atoms with Crippen molar-refractivity contribution < 1.29 is 4.79 Å². The number of benzene rings is 1. The van der Waals surface area contributed by atoms with Crippen LogP contribution in [0.3, 0.4) is 0 Å². The van der Waals surface area contributed by atoms with E-state index in [1.165, 1.54) is 0 Å². The van der Waals surface area contributed by atoms with Gasteiger partial charge in [-0.05, 0) is 43.3 Å². The van der Waals surface area contributed by atoms with Gasteiger partial charge in [0.15, 0.2) is 5.82 Å². The van der Waals surface area contributed by atoms with E-state index in [1.54, 1.807) is 4.90 Å². The lowest BCUT2D eigenvalue weighted by atomic mass is 10.0. The van der Waals surface area contributed by atoms with E-state index in [9.17, 15) is 4.79 Å². The number of nitrogens with one attached hydrogen (secondary N) is 1. The third kappa shape index (κ3) is 2.96. The van der Waals surface area contributed by atoms with Crippen molar-refractivity contribution >= 4 is 33.3 Å². The van der Waals surface area contributed by atoms with Gasteiger partial charge >= 0.3 is 0 Å². The molecule has 0 saturated carbocycles. The lowest BCUT2D eigenvalue weighted by Gasteiger charge is -2.31. The Labute approximate surface area is 131 Å². The molecular formula is C15H15BrN4O. The summed E-state index contributed by atoms with van der Waals surface area (Å²) < 4.78 is 0.971. The molecule has 5 nitrogen and oxygen atoms in total. The quantitative estimate of drug-likeness (QED) is 0.927. The van der Waals surface area contributed by atoms with Crippen LogP contribution in [0.5, 0.6) is 0 Å². The first-order valence-corrected chi connectivity index (χ1v) is 7.55. The first-order valence-electron chi connectivity index (χ1n) is 6.76. The molecule has 1 N–H and O–H groups in total. The fourth-order valence-electron chi connectivity index (χ4n) is 2.12. The summed E-state index contributed by atoms with van der Waals surface area (Å²) >= 11 is 3.41. The van der Waals surface area contributed by atoms with Gasteiger partial charge in [0.1, 0.15) is 0 Å². The van der Waals surface area contributed by atoms with Crippen molar-refractivity contribution in [2.24, 2.45) is 5.92 Å². The van der Waals surface area contributed by atoms with Gasteiger partial charge in [0.05, 0.1) is 17.3 Å². The molecule has 1 amide bonds. The van der Waals surface area contributed by atoms with Crippen molar-refractivity contribution in [1.82, 2.24) is 15.5 Å². The second-order valence-electron chi connectivity index (χ2n) is 5.04. The maximum atomic E-state index is 12.7. The van der Waals surface area contributed by atoms with E-state index < -0.39 is 0 Å². The number of aromatic nitrogens is 2. The highest BCUT2D eigenvalue weighted by atomic mass is 79.9. The normalized spacial score (nSPS) is 14.6. The molecule has 0 atom stereocenters. The predicted molar refractivity (Wildman–Crippen MR) is 84.4 cm³/mol. The van der Waals surface area contributed by atoms with Gasteiger partial charge in [-0.25, -0.2) is 0 Å². The maximum Gasteiger partial charge on any atom is 0.238 e. The largest absolute Gasteiger partial charge is 0.315 e. The molecule has 21 heavy (non-hydrogen) atoms. The van der Waals surface area contributed by atoms with Gasteiger partial charge in [-0.15, -0.1) is 5.10 Å². The Morgan fingerprint density at radius 3 is 2.43 bits per heavy atom. The second-order valence-corrected chi connectivity index (χ2v) is 5.95. The summed E-state index contributed by atoms with van der Waals surface area (Å²) in [6.07, 6.45) is 0. The molecule has 6 heteroatoms. The molecule has 0 radical (unpaired) electrons.